The molecule has 28 heavy (non-hydrogen) atoms. The molecule has 2 aliphatic rings. The lowest BCUT2D eigenvalue weighted by atomic mass is 9.84. The van der Waals surface area contributed by atoms with Crippen LogP contribution in [-0.2, 0) is 4.79 Å². The summed E-state index contributed by atoms with van der Waals surface area (Å²) in [6.45, 7) is 1.68. The van der Waals surface area contributed by atoms with E-state index in [4.69, 9.17) is 0 Å². The molecule has 1 aliphatic heterocycles. The summed E-state index contributed by atoms with van der Waals surface area (Å²) in [5.74, 6) is -0.325. The Hall–Kier alpha value is -2.69. The minimum Gasteiger partial charge on any atom is -0.324 e. The van der Waals surface area contributed by atoms with Crippen LogP contribution in [0.5, 0.6) is 0 Å². The zero-order valence-corrected chi connectivity index (χ0v) is 16.0. The second-order valence-corrected chi connectivity index (χ2v) is 7.90. The Kier molecular flexibility index (Phi) is 5.16. The van der Waals surface area contributed by atoms with Crippen molar-refractivity contribution in [3.63, 3.8) is 0 Å². The number of rotatable bonds is 3. The molecule has 1 N–H and O–H groups in total. The van der Waals surface area contributed by atoms with Crippen LogP contribution in [0.15, 0.2) is 48.5 Å². The summed E-state index contributed by atoms with van der Waals surface area (Å²) in [5, 5.41) is 2.83. The number of halogens is 1. The van der Waals surface area contributed by atoms with E-state index < -0.39 is 6.04 Å². The first kappa shape index (κ1) is 18.7. The van der Waals surface area contributed by atoms with Crippen LogP contribution in [0.25, 0.3) is 0 Å². The molecule has 0 aromatic heterocycles. The number of benzene rings is 2. The lowest BCUT2D eigenvalue weighted by Gasteiger charge is -2.33. The average molecular weight is 380 g/mol. The highest BCUT2D eigenvalue weighted by atomic mass is 19.1. The molecule has 4 nitrogen and oxygen atoms in total. The van der Waals surface area contributed by atoms with Gasteiger partial charge in [-0.05, 0) is 61.9 Å². The highest BCUT2D eigenvalue weighted by Crippen LogP contribution is 2.40. The molecule has 1 aliphatic carbocycles. The zero-order valence-electron chi connectivity index (χ0n) is 16.0. The van der Waals surface area contributed by atoms with Gasteiger partial charge in [0.25, 0.3) is 5.91 Å². The van der Waals surface area contributed by atoms with Gasteiger partial charge in [-0.25, -0.2) is 4.39 Å². The number of carbonyl (C=O) groups excluding carboxylic acids is 2. The van der Waals surface area contributed by atoms with E-state index in [0.717, 1.165) is 25.7 Å². The molecule has 0 spiro atoms. The van der Waals surface area contributed by atoms with E-state index in [2.05, 4.69) is 5.32 Å². The molecule has 0 radical (unpaired) electrons. The zero-order chi connectivity index (χ0) is 19.7. The molecule has 0 bridgehead atoms. The first-order valence-electron chi connectivity index (χ1n) is 9.99. The van der Waals surface area contributed by atoms with E-state index >= 15 is 0 Å². The third-order valence-corrected chi connectivity index (χ3v) is 6.09. The molecule has 4 rings (SSSR count). The van der Waals surface area contributed by atoms with Crippen molar-refractivity contribution < 1.29 is 14.0 Å². The van der Waals surface area contributed by atoms with E-state index in [1.54, 1.807) is 36.1 Å². The summed E-state index contributed by atoms with van der Waals surface area (Å²) in [6.07, 6.45) is 4.88. The SMILES string of the molecule is Cc1ccc(NC(=O)C2CC3CCCCC3N2C(=O)c2ccccc2)cc1F. The Morgan fingerprint density at radius 2 is 1.82 bits per heavy atom. The molecule has 1 saturated heterocycles. The lowest BCUT2D eigenvalue weighted by molar-refractivity contribution is -0.120. The number of fused-ring (bicyclic) bond motifs is 1. The summed E-state index contributed by atoms with van der Waals surface area (Å²) in [7, 11) is 0. The van der Waals surface area contributed by atoms with Crippen molar-refractivity contribution in [2.24, 2.45) is 5.92 Å². The van der Waals surface area contributed by atoms with E-state index in [-0.39, 0.29) is 23.7 Å². The fourth-order valence-electron chi connectivity index (χ4n) is 4.61. The number of likely N-dealkylation sites (tertiary alicyclic amines) is 1. The minimum atomic E-state index is -0.523. The van der Waals surface area contributed by atoms with Crippen LogP contribution in [0.1, 0.15) is 48.0 Å². The number of carbonyl (C=O) groups is 2. The fraction of sp³-hybridized carbons (Fsp3) is 0.391. The van der Waals surface area contributed by atoms with Gasteiger partial charge >= 0.3 is 0 Å². The van der Waals surface area contributed by atoms with Crippen molar-refractivity contribution in [1.29, 1.82) is 0 Å². The van der Waals surface area contributed by atoms with E-state index in [1.807, 2.05) is 18.2 Å². The highest BCUT2D eigenvalue weighted by Gasteiger charge is 2.47. The van der Waals surface area contributed by atoms with Crippen molar-refractivity contribution in [3.8, 4) is 0 Å². The normalized spacial score (nSPS) is 23.9. The maximum atomic E-state index is 13.9. The number of hydrogen-bond acceptors (Lipinski definition) is 2. The van der Waals surface area contributed by atoms with E-state index in [0.29, 0.717) is 29.2 Å². The van der Waals surface area contributed by atoms with Gasteiger partial charge in [-0.2, -0.15) is 0 Å². The molecule has 2 aromatic rings. The maximum absolute atomic E-state index is 13.9. The summed E-state index contributed by atoms with van der Waals surface area (Å²) < 4.78 is 13.9. The largest absolute Gasteiger partial charge is 0.324 e. The standard InChI is InChI=1S/C23H25FN2O2/c1-15-11-12-18(14-19(15)24)25-22(27)21-13-17-9-5-6-10-20(17)26(21)23(28)16-7-3-2-4-8-16/h2-4,7-8,11-12,14,17,20-21H,5-6,9-10,13H2,1H3,(H,25,27). The Balaban J connectivity index is 1.60. The third kappa shape index (κ3) is 3.53. The second-order valence-electron chi connectivity index (χ2n) is 7.90. The van der Waals surface area contributed by atoms with Crippen molar-refractivity contribution in [2.75, 3.05) is 5.32 Å². The lowest BCUT2D eigenvalue weighted by Crippen LogP contribution is -2.47. The maximum Gasteiger partial charge on any atom is 0.254 e. The molecular formula is C23H25FN2O2. The van der Waals surface area contributed by atoms with Gasteiger partial charge in [-0.15, -0.1) is 0 Å². The van der Waals surface area contributed by atoms with Crippen LogP contribution in [0.4, 0.5) is 10.1 Å². The molecule has 2 aromatic carbocycles. The van der Waals surface area contributed by atoms with Gasteiger partial charge in [0.05, 0.1) is 0 Å². The number of anilines is 1. The summed E-state index contributed by atoms with van der Waals surface area (Å²) >= 11 is 0. The van der Waals surface area contributed by atoms with Crippen LogP contribution in [-0.4, -0.2) is 28.8 Å². The second kappa shape index (κ2) is 7.74. The Bertz CT molecular complexity index is 883. The number of amides is 2. The molecule has 2 amide bonds. The van der Waals surface area contributed by atoms with Crippen LogP contribution in [0.2, 0.25) is 0 Å². The van der Waals surface area contributed by atoms with E-state index in [9.17, 15) is 14.0 Å². The minimum absolute atomic E-state index is 0.0924. The molecule has 2 fully saturated rings. The average Bonchev–Trinajstić information content (AvgIpc) is 3.10. The molecule has 5 heteroatoms. The van der Waals surface area contributed by atoms with Gasteiger partial charge in [0.15, 0.2) is 0 Å². The Morgan fingerprint density at radius 1 is 1.07 bits per heavy atom. The predicted octanol–water partition coefficient (Wildman–Crippen LogP) is 4.55. The third-order valence-electron chi connectivity index (χ3n) is 6.09. The van der Waals surface area contributed by atoms with Crippen molar-refractivity contribution in [2.45, 2.75) is 51.1 Å². The fourth-order valence-corrected chi connectivity index (χ4v) is 4.61. The van der Waals surface area contributed by atoms with Gasteiger partial charge in [-0.1, -0.05) is 37.1 Å². The highest BCUT2D eigenvalue weighted by molar-refractivity contribution is 6.01. The van der Waals surface area contributed by atoms with Crippen molar-refractivity contribution in [1.82, 2.24) is 4.90 Å². The quantitative estimate of drug-likeness (QED) is 0.849. The molecule has 3 atom stereocenters. The first-order valence-corrected chi connectivity index (χ1v) is 9.99. The van der Waals surface area contributed by atoms with E-state index in [1.165, 1.54) is 6.07 Å². The van der Waals surface area contributed by atoms with Crippen LogP contribution in [0.3, 0.4) is 0 Å². The van der Waals surface area contributed by atoms with Gasteiger partial charge in [0.1, 0.15) is 11.9 Å². The molecular weight excluding hydrogens is 355 g/mol. The monoisotopic (exact) mass is 380 g/mol. The van der Waals surface area contributed by atoms with Gasteiger partial charge < -0.3 is 10.2 Å². The van der Waals surface area contributed by atoms with Crippen molar-refractivity contribution in [3.05, 3.63) is 65.5 Å². The molecule has 146 valence electrons. The van der Waals surface area contributed by atoms with Gasteiger partial charge in [0.2, 0.25) is 5.91 Å². The molecule has 1 saturated carbocycles. The topological polar surface area (TPSA) is 49.4 Å². The predicted molar refractivity (Wildman–Crippen MR) is 107 cm³/mol. The Morgan fingerprint density at radius 3 is 2.57 bits per heavy atom. The summed E-state index contributed by atoms with van der Waals surface area (Å²) in [5.41, 5.74) is 1.56. The van der Waals surface area contributed by atoms with Gasteiger partial charge in [-0.3, -0.25) is 9.59 Å². The van der Waals surface area contributed by atoms with Crippen molar-refractivity contribution >= 4 is 17.5 Å². The van der Waals surface area contributed by atoms with Crippen LogP contribution < -0.4 is 5.32 Å². The number of nitrogens with zero attached hydrogens (tertiary/aromatic N) is 1. The Labute approximate surface area is 164 Å². The smallest absolute Gasteiger partial charge is 0.254 e. The number of hydrogen-bond donors (Lipinski definition) is 1. The van der Waals surface area contributed by atoms with Crippen LogP contribution in [0, 0.1) is 18.7 Å². The summed E-state index contributed by atoms with van der Waals surface area (Å²) in [4.78, 5) is 28.1. The number of nitrogens with one attached hydrogen (secondary N) is 1. The first-order chi connectivity index (χ1) is 13.5. The molecule has 3 unspecified atom stereocenters. The number of aryl methyl sites for hydroxylation is 1. The van der Waals surface area contributed by atoms with Gasteiger partial charge in [0, 0.05) is 17.3 Å². The molecule has 1 heterocycles. The van der Waals surface area contributed by atoms with Crippen LogP contribution >= 0.6 is 0 Å². The summed E-state index contributed by atoms with van der Waals surface area (Å²) in [6, 6.07) is 13.4.